The van der Waals surface area contributed by atoms with Crippen LogP contribution in [0.15, 0.2) is 60.7 Å². The summed E-state index contributed by atoms with van der Waals surface area (Å²) in [5.74, 6) is 0.983. The molecule has 3 fully saturated rings. The molecule has 1 heteroatoms. The van der Waals surface area contributed by atoms with Crippen LogP contribution in [0.3, 0.4) is 0 Å². The molecule has 3 saturated heterocycles. The van der Waals surface area contributed by atoms with Gasteiger partial charge in [0, 0.05) is 12.1 Å². The van der Waals surface area contributed by atoms with E-state index in [2.05, 4.69) is 65.6 Å². The lowest BCUT2D eigenvalue weighted by Crippen LogP contribution is -2.54. The van der Waals surface area contributed by atoms with E-state index in [0.29, 0.717) is 0 Å². The molecule has 2 unspecified atom stereocenters. The Hall–Kier alpha value is -1.60. The van der Waals surface area contributed by atoms with Gasteiger partial charge in [0.1, 0.15) is 0 Å². The van der Waals surface area contributed by atoms with Crippen molar-refractivity contribution in [3.63, 3.8) is 0 Å². The first-order chi connectivity index (χ1) is 11.9. The molecule has 0 aromatic heterocycles. The van der Waals surface area contributed by atoms with Crippen LogP contribution in [0.25, 0.3) is 0 Å². The molecule has 0 saturated carbocycles. The maximum atomic E-state index is 2.87. The third-order valence-corrected chi connectivity index (χ3v) is 6.16. The van der Waals surface area contributed by atoms with Gasteiger partial charge in [-0.05, 0) is 68.5 Å². The molecule has 0 aliphatic carbocycles. The molecule has 3 aliphatic rings. The van der Waals surface area contributed by atoms with Crippen LogP contribution in [0.1, 0.15) is 43.2 Å². The molecule has 5 rings (SSSR count). The summed E-state index contributed by atoms with van der Waals surface area (Å²) in [5, 5.41) is 0. The Kier molecular flexibility index (Phi) is 4.99. The summed E-state index contributed by atoms with van der Waals surface area (Å²) < 4.78 is 0. The summed E-state index contributed by atoms with van der Waals surface area (Å²) in [6.45, 7) is 1.34. The molecular weight excluding hydrogens is 290 g/mol. The van der Waals surface area contributed by atoms with Crippen LogP contribution in [-0.2, 0) is 12.8 Å². The van der Waals surface area contributed by atoms with Crippen LogP contribution in [0.5, 0.6) is 0 Å². The highest BCUT2D eigenvalue weighted by Crippen LogP contribution is 2.39. The van der Waals surface area contributed by atoms with E-state index in [1.165, 1.54) is 62.6 Å². The van der Waals surface area contributed by atoms with E-state index in [1.807, 2.05) is 0 Å². The monoisotopic (exact) mass is 319 g/mol. The van der Waals surface area contributed by atoms with Gasteiger partial charge in [0.2, 0.25) is 0 Å². The normalized spacial score (nSPS) is 28.8. The SMILES string of the molecule is c1ccc(CCC2CC3CCN2C(CCc2ccccc2)C3)cc1. The number of hydrogen-bond acceptors (Lipinski definition) is 1. The van der Waals surface area contributed by atoms with Gasteiger partial charge in [-0.25, -0.2) is 0 Å². The van der Waals surface area contributed by atoms with E-state index in [0.717, 1.165) is 18.0 Å². The first-order valence-corrected chi connectivity index (χ1v) is 9.72. The van der Waals surface area contributed by atoms with Crippen LogP contribution < -0.4 is 0 Å². The lowest BCUT2D eigenvalue weighted by molar-refractivity contribution is -0.00965. The Balaban J connectivity index is 1.35. The molecule has 3 aliphatic heterocycles. The Morgan fingerprint density at radius 1 is 0.708 bits per heavy atom. The van der Waals surface area contributed by atoms with E-state index in [4.69, 9.17) is 0 Å². The summed E-state index contributed by atoms with van der Waals surface area (Å²) in [7, 11) is 0. The van der Waals surface area contributed by atoms with Crippen molar-refractivity contribution in [3.8, 4) is 0 Å². The number of rotatable bonds is 6. The fourth-order valence-corrected chi connectivity index (χ4v) is 4.89. The molecule has 24 heavy (non-hydrogen) atoms. The Morgan fingerprint density at radius 2 is 1.21 bits per heavy atom. The fourth-order valence-electron chi connectivity index (χ4n) is 4.89. The van der Waals surface area contributed by atoms with Crippen molar-refractivity contribution in [1.29, 1.82) is 0 Å². The molecule has 0 radical (unpaired) electrons. The quantitative estimate of drug-likeness (QED) is 0.715. The average Bonchev–Trinajstić information content (AvgIpc) is 2.67. The highest BCUT2D eigenvalue weighted by molar-refractivity contribution is 5.16. The van der Waals surface area contributed by atoms with Crippen LogP contribution in [-0.4, -0.2) is 23.5 Å². The number of hydrogen-bond donors (Lipinski definition) is 0. The summed E-state index contributed by atoms with van der Waals surface area (Å²) in [6.07, 6.45) is 9.46. The van der Waals surface area contributed by atoms with E-state index >= 15 is 0 Å². The standard InChI is InChI=1S/C23H29N/c1-3-7-19(8-4-1)11-13-22-17-21-15-16-24(22)23(18-21)14-12-20-9-5-2-6-10-20/h1-10,21-23H,11-18H2. The molecule has 2 aromatic carbocycles. The van der Waals surface area contributed by atoms with Crippen molar-refractivity contribution in [2.24, 2.45) is 5.92 Å². The summed E-state index contributed by atoms with van der Waals surface area (Å²) in [4.78, 5) is 2.87. The Labute approximate surface area is 146 Å². The van der Waals surface area contributed by atoms with Crippen LogP contribution in [0.2, 0.25) is 0 Å². The van der Waals surface area contributed by atoms with Crippen molar-refractivity contribution in [2.75, 3.05) is 6.54 Å². The van der Waals surface area contributed by atoms with Crippen LogP contribution in [0.4, 0.5) is 0 Å². The molecule has 126 valence electrons. The summed E-state index contributed by atoms with van der Waals surface area (Å²) >= 11 is 0. The third kappa shape index (κ3) is 3.72. The topological polar surface area (TPSA) is 3.24 Å². The average molecular weight is 319 g/mol. The number of benzene rings is 2. The minimum atomic E-state index is 0.818. The van der Waals surface area contributed by atoms with E-state index in [9.17, 15) is 0 Å². The molecule has 0 N–H and O–H groups in total. The van der Waals surface area contributed by atoms with Crippen molar-refractivity contribution in [2.45, 2.75) is 57.0 Å². The Morgan fingerprint density at radius 3 is 1.67 bits per heavy atom. The predicted octanol–water partition coefficient (Wildman–Crippen LogP) is 5.10. The van der Waals surface area contributed by atoms with Gasteiger partial charge in [0.25, 0.3) is 0 Å². The molecule has 3 heterocycles. The van der Waals surface area contributed by atoms with Crippen LogP contribution >= 0.6 is 0 Å². The maximum Gasteiger partial charge on any atom is 0.0104 e. The third-order valence-electron chi connectivity index (χ3n) is 6.16. The van der Waals surface area contributed by atoms with Gasteiger partial charge in [-0.15, -0.1) is 0 Å². The largest absolute Gasteiger partial charge is 0.297 e. The van der Waals surface area contributed by atoms with Gasteiger partial charge in [-0.1, -0.05) is 60.7 Å². The zero-order valence-corrected chi connectivity index (χ0v) is 14.6. The highest BCUT2D eigenvalue weighted by Gasteiger charge is 2.39. The van der Waals surface area contributed by atoms with Gasteiger partial charge < -0.3 is 0 Å². The lowest BCUT2D eigenvalue weighted by Gasteiger charge is -2.51. The fraction of sp³-hybridized carbons (Fsp3) is 0.478. The molecule has 1 nitrogen and oxygen atoms in total. The maximum absolute atomic E-state index is 2.87. The summed E-state index contributed by atoms with van der Waals surface area (Å²) in [6, 6.07) is 23.7. The first kappa shape index (κ1) is 15.9. The second-order valence-electron chi connectivity index (χ2n) is 7.72. The lowest BCUT2D eigenvalue weighted by atomic mass is 9.76. The molecule has 0 amide bonds. The minimum absolute atomic E-state index is 0.818. The van der Waals surface area contributed by atoms with Gasteiger partial charge in [0.05, 0.1) is 0 Å². The van der Waals surface area contributed by atoms with Crippen molar-refractivity contribution in [3.05, 3.63) is 71.8 Å². The van der Waals surface area contributed by atoms with Gasteiger partial charge in [0.15, 0.2) is 0 Å². The molecule has 2 bridgehead atoms. The second-order valence-corrected chi connectivity index (χ2v) is 7.72. The highest BCUT2D eigenvalue weighted by atomic mass is 15.2. The van der Waals surface area contributed by atoms with Gasteiger partial charge in [-0.3, -0.25) is 4.90 Å². The van der Waals surface area contributed by atoms with Crippen molar-refractivity contribution < 1.29 is 0 Å². The number of nitrogens with zero attached hydrogens (tertiary/aromatic N) is 1. The summed E-state index contributed by atoms with van der Waals surface area (Å²) in [5.41, 5.74) is 3.00. The van der Waals surface area contributed by atoms with Crippen LogP contribution in [0, 0.1) is 5.92 Å². The molecule has 2 atom stereocenters. The van der Waals surface area contributed by atoms with E-state index in [-0.39, 0.29) is 0 Å². The molecule has 2 aromatic rings. The smallest absolute Gasteiger partial charge is 0.0104 e. The second kappa shape index (κ2) is 7.53. The van der Waals surface area contributed by atoms with E-state index in [1.54, 1.807) is 0 Å². The molecule has 0 spiro atoms. The zero-order valence-electron chi connectivity index (χ0n) is 14.6. The van der Waals surface area contributed by atoms with Crippen molar-refractivity contribution in [1.82, 2.24) is 4.90 Å². The van der Waals surface area contributed by atoms with E-state index < -0.39 is 0 Å². The first-order valence-electron chi connectivity index (χ1n) is 9.72. The molecular formula is C23H29N. The number of piperidine rings is 3. The number of fused-ring (bicyclic) bond motifs is 3. The zero-order chi connectivity index (χ0) is 16.2. The minimum Gasteiger partial charge on any atom is -0.297 e. The van der Waals surface area contributed by atoms with Gasteiger partial charge in [-0.2, -0.15) is 0 Å². The Bertz CT molecular complexity index is 567. The predicted molar refractivity (Wildman–Crippen MR) is 101 cm³/mol. The number of aryl methyl sites for hydroxylation is 2. The van der Waals surface area contributed by atoms with Gasteiger partial charge >= 0.3 is 0 Å². The van der Waals surface area contributed by atoms with Crippen molar-refractivity contribution >= 4 is 0 Å².